The van der Waals surface area contributed by atoms with Gasteiger partial charge >= 0.3 is 0 Å². The second-order valence-electron chi connectivity index (χ2n) is 7.99. The summed E-state index contributed by atoms with van der Waals surface area (Å²) in [7, 11) is 0. The fraction of sp³-hybridized carbons (Fsp3) is 0.571. The van der Waals surface area contributed by atoms with Crippen molar-refractivity contribution in [2.24, 2.45) is 0 Å². The molecule has 166 valence electrons. The Hall–Kier alpha value is -2.04. The molecule has 3 rings (SSSR count). The summed E-state index contributed by atoms with van der Waals surface area (Å²) in [5.74, 6) is -0.212. The maximum atomic E-state index is 14.5. The van der Waals surface area contributed by atoms with E-state index in [0.717, 1.165) is 11.3 Å². The number of halogens is 1. The number of ether oxygens (including phenoxy) is 2. The van der Waals surface area contributed by atoms with E-state index in [1.165, 1.54) is 6.07 Å². The van der Waals surface area contributed by atoms with Crippen LogP contribution in [0.4, 0.5) is 4.39 Å². The van der Waals surface area contributed by atoms with Crippen LogP contribution in [0.3, 0.4) is 0 Å². The van der Waals surface area contributed by atoms with Gasteiger partial charge in [0, 0.05) is 23.7 Å². The summed E-state index contributed by atoms with van der Waals surface area (Å²) >= 11 is 0. The number of aryl methyl sites for hydroxylation is 1. The lowest BCUT2D eigenvalue weighted by atomic mass is 9.99. The largest absolute Gasteiger partial charge is 0.443 e. The van der Waals surface area contributed by atoms with Gasteiger partial charge in [0.05, 0.1) is 6.61 Å². The van der Waals surface area contributed by atoms with Gasteiger partial charge in [0.2, 0.25) is 12.2 Å². The van der Waals surface area contributed by atoms with E-state index in [4.69, 9.17) is 9.47 Å². The molecule has 0 saturated carbocycles. The van der Waals surface area contributed by atoms with Crippen LogP contribution < -0.4 is 4.74 Å². The molecule has 8 nitrogen and oxygen atoms in total. The fourth-order valence-corrected chi connectivity index (χ4v) is 3.59. The molecule has 0 spiro atoms. The lowest BCUT2D eigenvalue weighted by Gasteiger charge is -2.39. The van der Waals surface area contributed by atoms with Gasteiger partial charge in [-0.05, 0) is 44.9 Å². The van der Waals surface area contributed by atoms with Crippen molar-refractivity contribution >= 4 is 0 Å². The number of rotatable bonds is 6. The van der Waals surface area contributed by atoms with Crippen molar-refractivity contribution in [2.45, 2.75) is 70.9 Å². The minimum Gasteiger partial charge on any atom is -0.443 e. The average molecular weight is 424 g/mol. The SMILES string of the molecule is Cc1ccc(Cc2c(O[C@H]3O[C@H](CO)[C@@H](O)[C@H](O)[C@H]3O)nn(C(C)C)c2C)c(F)c1. The summed E-state index contributed by atoms with van der Waals surface area (Å²) in [6.45, 7) is 6.96. The molecule has 1 saturated heterocycles. The number of aliphatic hydroxyl groups excluding tert-OH is 4. The van der Waals surface area contributed by atoms with Crippen molar-refractivity contribution in [1.82, 2.24) is 9.78 Å². The van der Waals surface area contributed by atoms with E-state index in [-0.39, 0.29) is 24.2 Å². The second kappa shape index (κ2) is 8.99. The molecule has 1 aromatic carbocycles. The first-order valence-corrected chi connectivity index (χ1v) is 9.94. The first-order chi connectivity index (χ1) is 14.1. The van der Waals surface area contributed by atoms with Crippen LogP contribution in [0, 0.1) is 19.7 Å². The first-order valence-electron chi connectivity index (χ1n) is 9.94. The molecule has 1 aliphatic heterocycles. The second-order valence-corrected chi connectivity index (χ2v) is 7.99. The summed E-state index contributed by atoms with van der Waals surface area (Å²) < 4.78 is 27.4. The third-order valence-corrected chi connectivity index (χ3v) is 5.38. The summed E-state index contributed by atoms with van der Waals surface area (Å²) in [4.78, 5) is 0. The molecule has 9 heteroatoms. The first kappa shape index (κ1) is 22.6. The van der Waals surface area contributed by atoms with E-state index in [9.17, 15) is 24.8 Å². The molecule has 1 aliphatic rings. The van der Waals surface area contributed by atoms with Crippen LogP contribution in [-0.4, -0.2) is 67.5 Å². The minimum absolute atomic E-state index is 0.00114. The van der Waals surface area contributed by atoms with E-state index in [0.29, 0.717) is 11.1 Å². The zero-order valence-electron chi connectivity index (χ0n) is 17.5. The van der Waals surface area contributed by atoms with E-state index in [1.807, 2.05) is 33.8 Å². The van der Waals surface area contributed by atoms with Crippen molar-refractivity contribution in [2.75, 3.05) is 6.61 Å². The van der Waals surface area contributed by atoms with Gasteiger partial charge in [-0.3, -0.25) is 4.68 Å². The molecule has 1 aromatic heterocycles. The predicted octanol–water partition coefficient (Wildman–Crippen LogP) is 0.989. The summed E-state index contributed by atoms with van der Waals surface area (Å²) in [6, 6.07) is 4.97. The summed E-state index contributed by atoms with van der Waals surface area (Å²) in [5, 5.41) is 44.1. The Labute approximate surface area is 174 Å². The highest BCUT2D eigenvalue weighted by Crippen LogP contribution is 2.31. The van der Waals surface area contributed by atoms with E-state index in [2.05, 4.69) is 5.10 Å². The number of benzene rings is 1. The van der Waals surface area contributed by atoms with Crippen LogP contribution in [0.15, 0.2) is 18.2 Å². The van der Waals surface area contributed by atoms with Crippen molar-refractivity contribution in [3.63, 3.8) is 0 Å². The molecule has 0 aliphatic carbocycles. The zero-order chi connectivity index (χ0) is 22.2. The van der Waals surface area contributed by atoms with Crippen molar-refractivity contribution in [1.29, 1.82) is 0 Å². The minimum atomic E-state index is -1.56. The highest BCUT2D eigenvalue weighted by atomic mass is 19.1. The summed E-state index contributed by atoms with van der Waals surface area (Å²) in [6.07, 6.45) is -6.86. The van der Waals surface area contributed by atoms with Crippen LogP contribution in [0.25, 0.3) is 0 Å². The Morgan fingerprint density at radius 2 is 1.87 bits per heavy atom. The topological polar surface area (TPSA) is 117 Å². The van der Waals surface area contributed by atoms with Gasteiger partial charge < -0.3 is 29.9 Å². The Bertz CT molecular complexity index is 885. The molecule has 0 bridgehead atoms. The molecule has 2 heterocycles. The Kier molecular flexibility index (Phi) is 6.78. The molecule has 30 heavy (non-hydrogen) atoms. The highest BCUT2D eigenvalue weighted by molar-refractivity contribution is 5.38. The van der Waals surface area contributed by atoms with E-state index in [1.54, 1.807) is 10.7 Å². The number of aliphatic hydroxyl groups is 4. The maximum absolute atomic E-state index is 14.5. The van der Waals surface area contributed by atoms with Crippen molar-refractivity contribution in [3.8, 4) is 5.88 Å². The molecule has 0 radical (unpaired) electrons. The standard InChI is InChI=1S/C21H29FN2O6/c1-10(2)24-12(4)14(8-13-6-5-11(3)7-15(13)22)20(23-24)30-21-19(28)18(27)17(26)16(9-25)29-21/h5-7,10,16-19,21,25-28H,8-9H2,1-4H3/t16-,17-,18+,19-,21-/m1/s1. The Morgan fingerprint density at radius 1 is 1.17 bits per heavy atom. The van der Waals surface area contributed by atoms with Gasteiger partial charge in [-0.25, -0.2) is 4.39 Å². The molecule has 1 fully saturated rings. The lowest BCUT2D eigenvalue weighted by Crippen LogP contribution is -2.60. The molecule has 4 N–H and O–H groups in total. The normalized spacial score (nSPS) is 26.9. The summed E-state index contributed by atoms with van der Waals surface area (Å²) in [5.41, 5.74) is 2.65. The van der Waals surface area contributed by atoms with E-state index < -0.39 is 37.3 Å². The molecular formula is C21H29FN2O6. The van der Waals surface area contributed by atoms with Gasteiger partial charge in [0.1, 0.15) is 30.2 Å². The highest BCUT2D eigenvalue weighted by Gasteiger charge is 2.45. The third kappa shape index (κ3) is 4.35. The Balaban J connectivity index is 1.94. The number of hydrogen-bond acceptors (Lipinski definition) is 7. The average Bonchev–Trinajstić information content (AvgIpc) is 3.00. The number of hydrogen-bond donors (Lipinski definition) is 4. The predicted molar refractivity (Wildman–Crippen MR) is 106 cm³/mol. The van der Waals surface area contributed by atoms with Gasteiger partial charge in [-0.1, -0.05) is 12.1 Å². The van der Waals surface area contributed by atoms with Crippen LogP contribution >= 0.6 is 0 Å². The monoisotopic (exact) mass is 424 g/mol. The van der Waals surface area contributed by atoms with Crippen molar-refractivity contribution < 1.29 is 34.3 Å². The molecule has 0 amide bonds. The maximum Gasteiger partial charge on any atom is 0.239 e. The quantitative estimate of drug-likeness (QED) is 0.546. The third-order valence-electron chi connectivity index (χ3n) is 5.38. The smallest absolute Gasteiger partial charge is 0.239 e. The van der Waals surface area contributed by atoms with Crippen LogP contribution in [0.2, 0.25) is 0 Å². The number of nitrogens with zero attached hydrogens (tertiary/aromatic N) is 2. The van der Waals surface area contributed by atoms with Crippen LogP contribution in [-0.2, 0) is 11.2 Å². The van der Waals surface area contributed by atoms with Crippen LogP contribution in [0.1, 0.15) is 42.3 Å². The lowest BCUT2D eigenvalue weighted by molar-refractivity contribution is -0.278. The van der Waals surface area contributed by atoms with Crippen molar-refractivity contribution in [3.05, 3.63) is 46.4 Å². The molecule has 2 aromatic rings. The zero-order valence-corrected chi connectivity index (χ0v) is 17.5. The van der Waals surface area contributed by atoms with Gasteiger partial charge in [-0.15, -0.1) is 5.10 Å². The van der Waals surface area contributed by atoms with Gasteiger partial charge in [-0.2, -0.15) is 0 Å². The molecule has 5 atom stereocenters. The van der Waals surface area contributed by atoms with E-state index >= 15 is 0 Å². The van der Waals surface area contributed by atoms with Gasteiger partial charge in [0.25, 0.3) is 0 Å². The molecular weight excluding hydrogens is 395 g/mol. The Morgan fingerprint density at radius 3 is 2.47 bits per heavy atom. The van der Waals surface area contributed by atoms with Crippen LogP contribution in [0.5, 0.6) is 5.88 Å². The number of aromatic nitrogens is 2. The fourth-order valence-electron chi connectivity index (χ4n) is 3.59. The van der Waals surface area contributed by atoms with Gasteiger partial charge in [0.15, 0.2) is 0 Å². The molecule has 0 unspecified atom stereocenters.